The molecule has 5 rings (SSSR count). The normalized spacial score (nSPS) is 15.5. The van der Waals surface area contributed by atoms with E-state index in [4.69, 9.17) is 0 Å². The summed E-state index contributed by atoms with van der Waals surface area (Å²) in [6.45, 7) is 1.09. The SMILES string of the molecule is Cn1cc2c(n1)[C@@H](C(=O)NCc1ccccn1)CN(C(=O)Cc1c[nH]c3ccccc13)C2. The molecule has 1 aliphatic heterocycles. The minimum Gasteiger partial charge on any atom is -0.361 e. The number of amides is 2. The second-order valence-corrected chi connectivity index (χ2v) is 8.12. The number of pyridine rings is 1. The third-order valence-electron chi connectivity index (χ3n) is 5.89. The first-order valence-electron chi connectivity index (χ1n) is 10.6. The van der Waals surface area contributed by atoms with Gasteiger partial charge in [-0.2, -0.15) is 5.10 Å². The molecule has 4 heterocycles. The number of hydrogen-bond donors (Lipinski definition) is 2. The molecule has 162 valence electrons. The Kier molecular flexibility index (Phi) is 5.18. The van der Waals surface area contributed by atoms with Gasteiger partial charge in [0.05, 0.1) is 30.3 Å². The summed E-state index contributed by atoms with van der Waals surface area (Å²) in [6.07, 6.45) is 5.75. The minimum atomic E-state index is -0.518. The van der Waals surface area contributed by atoms with E-state index < -0.39 is 5.92 Å². The fourth-order valence-electron chi connectivity index (χ4n) is 4.30. The second-order valence-electron chi connectivity index (χ2n) is 8.12. The van der Waals surface area contributed by atoms with Crippen LogP contribution < -0.4 is 5.32 Å². The predicted molar refractivity (Wildman–Crippen MR) is 119 cm³/mol. The van der Waals surface area contributed by atoms with Crippen molar-refractivity contribution in [3.05, 3.63) is 83.6 Å². The number of para-hydroxylation sites is 1. The lowest BCUT2D eigenvalue weighted by Gasteiger charge is -2.31. The average molecular weight is 428 g/mol. The van der Waals surface area contributed by atoms with Gasteiger partial charge in [-0.1, -0.05) is 24.3 Å². The fourth-order valence-corrected chi connectivity index (χ4v) is 4.30. The third kappa shape index (κ3) is 3.87. The number of carbonyl (C=O) groups excluding carboxylic acids is 2. The van der Waals surface area contributed by atoms with Gasteiger partial charge in [0.25, 0.3) is 0 Å². The lowest BCUT2D eigenvalue weighted by Crippen LogP contribution is -2.44. The van der Waals surface area contributed by atoms with E-state index in [2.05, 4.69) is 20.4 Å². The van der Waals surface area contributed by atoms with Crippen molar-refractivity contribution in [2.45, 2.75) is 25.4 Å². The zero-order valence-corrected chi connectivity index (χ0v) is 17.8. The van der Waals surface area contributed by atoms with E-state index in [1.54, 1.807) is 15.8 Å². The molecular weight excluding hydrogens is 404 g/mol. The summed E-state index contributed by atoms with van der Waals surface area (Å²) in [7, 11) is 1.83. The Morgan fingerprint density at radius 2 is 2.03 bits per heavy atom. The highest BCUT2D eigenvalue weighted by atomic mass is 16.2. The Morgan fingerprint density at radius 1 is 1.19 bits per heavy atom. The van der Waals surface area contributed by atoms with Crippen molar-refractivity contribution in [3.8, 4) is 0 Å². The molecule has 0 aliphatic carbocycles. The number of carbonyl (C=O) groups is 2. The molecule has 0 saturated carbocycles. The van der Waals surface area contributed by atoms with Gasteiger partial charge in [0.2, 0.25) is 11.8 Å². The highest BCUT2D eigenvalue weighted by molar-refractivity contribution is 5.90. The van der Waals surface area contributed by atoms with Crippen LogP contribution in [0.3, 0.4) is 0 Å². The Morgan fingerprint density at radius 3 is 2.88 bits per heavy atom. The first-order chi connectivity index (χ1) is 15.6. The van der Waals surface area contributed by atoms with Gasteiger partial charge in [0, 0.05) is 55.2 Å². The van der Waals surface area contributed by atoms with Crippen LogP contribution in [0.4, 0.5) is 0 Å². The number of aromatic nitrogens is 4. The molecule has 32 heavy (non-hydrogen) atoms. The third-order valence-corrected chi connectivity index (χ3v) is 5.89. The summed E-state index contributed by atoms with van der Waals surface area (Å²) in [5.74, 6) is -0.678. The number of fused-ring (bicyclic) bond motifs is 2. The first-order valence-corrected chi connectivity index (χ1v) is 10.6. The maximum atomic E-state index is 13.2. The van der Waals surface area contributed by atoms with Crippen molar-refractivity contribution >= 4 is 22.7 Å². The summed E-state index contributed by atoms with van der Waals surface area (Å²) in [5, 5.41) is 8.52. The topological polar surface area (TPSA) is 95.9 Å². The monoisotopic (exact) mass is 428 g/mol. The van der Waals surface area contributed by atoms with Gasteiger partial charge in [-0.3, -0.25) is 19.3 Å². The fraction of sp³-hybridized carbons (Fsp3) is 0.250. The number of H-pyrrole nitrogens is 1. The lowest BCUT2D eigenvalue weighted by molar-refractivity contribution is -0.133. The number of nitrogens with zero attached hydrogens (tertiary/aromatic N) is 4. The van der Waals surface area contributed by atoms with Gasteiger partial charge in [-0.05, 0) is 23.8 Å². The maximum Gasteiger partial charge on any atom is 0.231 e. The number of aryl methyl sites for hydroxylation is 1. The number of aromatic amines is 1. The zero-order valence-electron chi connectivity index (χ0n) is 17.8. The van der Waals surface area contributed by atoms with Gasteiger partial charge in [0.15, 0.2) is 0 Å². The van der Waals surface area contributed by atoms with Gasteiger partial charge in [-0.25, -0.2) is 0 Å². The van der Waals surface area contributed by atoms with E-state index in [-0.39, 0.29) is 18.2 Å². The largest absolute Gasteiger partial charge is 0.361 e. The van der Waals surface area contributed by atoms with Crippen LogP contribution in [-0.2, 0) is 36.1 Å². The number of benzene rings is 1. The first kappa shape index (κ1) is 20.0. The molecule has 0 radical (unpaired) electrons. The van der Waals surface area contributed by atoms with Crippen LogP contribution >= 0.6 is 0 Å². The number of hydrogen-bond acceptors (Lipinski definition) is 4. The molecule has 8 nitrogen and oxygen atoms in total. The Labute approximate surface area is 185 Å². The molecule has 2 amide bonds. The van der Waals surface area contributed by atoms with Crippen molar-refractivity contribution in [2.24, 2.45) is 7.05 Å². The van der Waals surface area contributed by atoms with Crippen LogP contribution in [0, 0.1) is 0 Å². The van der Waals surface area contributed by atoms with E-state index in [9.17, 15) is 9.59 Å². The molecule has 1 aromatic carbocycles. The Balaban J connectivity index is 1.34. The summed E-state index contributed by atoms with van der Waals surface area (Å²) in [4.78, 5) is 35.5. The van der Waals surface area contributed by atoms with E-state index in [1.807, 2.05) is 61.9 Å². The number of nitrogens with one attached hydrogen (secondary N) is 2. The van der Waals surface area contributed by atoms with Crippen molar-refractivity contribution in [1.29, 1.82) is 0 Å². The maximum absolute atomic E-state index is 13.2. The van der Waals surface area contributed by atoms with Crippen molar-refractivity contribution in [2.75, 3.05) is 6.54 Å². The summed E-state index contributed by atoms with van der Waals surface area (Å²) in [5.41, 5.74) is 4.39. The standard InChI is InChI=1S/C24H24N6O2/c1-29-13-17-14-30(22(31)10-16-11-26-21-8-3-2-7-19(16)21)15-20(23(17)28-29)24(32)27-12-18-6-4-5-9-25-18/h2-9,11,13,20,26H,10,12,14-15H2,1H3,(H,27,32)/t20-/m0/s1. The summed E-state index contributed by atoms with van der Waals surface area (Å²) >= 11 is 0. The Bertz CT molecular complexity index is 1280. The van der Waals surface area contributed by atoms with Gasteiger partial charge in [-0.15, -0.1) is 0 Å². The van der Waals surface area contributed by atoms with Gasteiger partial charge >= 0.3 is 0 Å². The van der Waals surface area contributed by atoms with Crippen LogP contribution in [0.1, 0.15) is 28.4 Å². The van der Waals surface area contributed by atoms with E-state index in [0.717, 1.165) is 33.4 Å². The highest BCUT2D eigenvalue weighted by Crippen LogP contribution is 2.28. The molecular formula is C24H24N6O2. The van der Waals surface area contributed by atoms with E-state index in [1.165, 1.54) is 0 Å². The zero-order chi connectivity index (χ0) is 22.1. The molecule has 0 saturated heterocycles. The van der Waals surface area contributed by atoms with Crippen molar-refractivity contribution in [1.82, 2.24) is 30.0 Å². The molecule has 4 aromatic rings. The van der Waals surface area contributed by atoms with Crippen LogP contribution in [-0.4, -0.2) is 43.0 Å². The smallest absolute Gasteiger partial charge is 0.231 e. The molecule has 0 bridgehead atoms. The molecule has 0 unspecified atom stereocenters. The lowest BCUT2D eigenvalue weighted by atomic mass is 9.95. The second kappa shape index (κ2) is 8.30. The van der Waals surface area contributed by atoms with E-state index in [0.29, 0.717) is 19.6 Å². The van der Waals surface area contributed by atoms with Crippen LogP contribution in [0.5, 0.6) is 0 Å². The average Bonchev–Trinajstić information content (AvgIpc) is 3.40. The van der Waals surface area contributed by atoms with Gasteiger partial charge < -0.3 is 15.2 Å². The molecule has 1 aliphatic rings. The van der Waals surface area contributed by atoms with Gasteiger partial charge in [0.1, 0.15) is 0 Å². The molecule has 2 N–H and O–H groups in total. The van der Waals surface area contributed by atoms with Crippen LogP contribution in [0.25, 0.3) is 10.9 Å². The molecule has 8 heteroatoms. The predicted octanol–water partition coefficient (Wildman–Crippen LogP) is 2.28. The van der Waals surface area contributed by atoms with E-state index >= 15 is 0 Å². The Hall–Kier alpha value is -3.94. The van der Waals surface area contributed by atoms with Crippen LogP contribution in [0.2, 0.25) is 0 Å². The van der Waals surface area contributed by atoms with Crippen molar-refractivity contribution < 1.29 is 9.59 Å². The highest BCUT2D eigenvalue weighted by Gasteiger charge is 2.35. The molecule has 1 atom stereocenters. The van der Waals surface area contributed by atoms with Crippen molar-refractivity contribution in [3.63, 3.8) is 0 Å². The minimum absolute atomic E-state index is 0.00761. The molecule has 0 spiro atoms. The quantitative estimate of drug-likeness (QED) is 0.510. The number of rotatable bonds is 5. The molecule has 3 aromatic heterocycles. The molecule has 0 fully saturated rings. The summed E-state index contributed by atoms with van der Waals surface area (Å²) in [6, 6.07) is 13.5. The summed E-state index contributed by atoms with van der Waals surface area (Å²) < 4.78 is 1.71. The van der Waals surface area contributed by atoms with Crippen LogP contribution in [0.15, 0.2) is 61.1 Å².